The van der Waals surface area contributed by atoms with Crippen molar-refractivity contribution >= 4 is 0 Å². The third-order valence-corrected chi connectivity index (χ3v) is 4.27. The van der Waals surface area contributed by atoms with Crippen molar-refractivity contribution < 1.29 is 4.74 Å². The predicted octanol–water partition coefficient (Wildman–Crippen LogP) is 1.86. The molecule has 2 N–H and O–H groups in total. The molecule has 0 aliphatic carbocycles. The maximum atomic E-state index is 5.98. The van der Waals surface area contributed by atoms with Crippen LogP contribution < -0.4 is 5.73 Å². The molecule has 0 aromatic heterocycles. The van der Waals surface area contributed by atoms with Gasteiger partial charge in [0.1, 0.15) is 0 Å². The van der Waals surface area contributed by atoms with Gasteiger partial charge in [0.2, 0.25) is 0 Å². The Morgan fingerprint density at radius 3 is 2.56 bits per heavy atom. The van der Waals surface area contributed by atoms with E-state index in [-0.39, 0.29) is 11.6 Å². The Morgan fingerprint density at radius 2 is 2.12 bits per heavy atom. The van der Waals surface area contributed by atoms with Gasteiger partial charge in [0.05, 0.1) is 11.6 Å². The van der Waals surface area contributed by atoms with Gasteiger partial charge in [0, 0.05) is 20.2 Å². The summed E-state index contributed by atoms with van der Waals surface area (Å²) < 4.78 is 5.51. The molecule has 2 atom stereocenters. The van der Waals surface area contributed by atoms with Crippen LogP contribution in [0.3, 0.4) is 0 Å². The van der Waals surface area contributed by atoms with Crippen molar-refractivity contribution in [1.82, 2.24) is 4.90 Å². The Labute approximate surface area is 100 Å². The highest BCUT2D eigenvalue weighted by Crippen LogP contribution is 2.33. The van der Waals surface area contributed by atoms with Crippen LogP contribution in [0.25, 0.3) is 0 Å². The quantitative estimate of drug-likeness (QED) is 0.798. The maximum absolute atomic E-state index is 5.98. The Morgan fingerprint density at radius 1 is 1.50 bits per heavy atom. The summed E-state index contributed by atoms with van der Waals surface area (Å²) in [5.74, 6) is 0. The Kier molecular flexibility index (Phi) is 4.38. The average Bonchev–Trinajstić information content (AvgIpc) is 2.25. The molecule has 16 heavy (non-hydrogen) atoms. The second-order valence-corrected chi connectivity index (χ2v) is 6.13. The largest absolute Gasteiger partial charge is 0.380 e. The Hall–Kier alpha value is -0.120. The summed E-state index contributed by atoms with van der Waals surface area (Å²) in [4.78, 5) is 2.52. The van der Waals surface area contributed by atoms with Crippen LogP contribution in [-0.4, -0.2) is 43.3 Å². The first-order chi connectivity index (χ1) is 7.35. The third kappa shape index (κ3) is 2.76. The first-order valence-electron chi connectivity index (χ1n) is 6.33. The number of hydrogen-bond acceptors (Lipinski definition) is 3. The molecular formula is C13H28N2O. The standard InChI is InChI=1S/C13H28N2O/c1-11(16-5)13(4,9-14)15-8-6-7-12(2,3)10-15/h11H,6-10,14H2,1-5H3. The molecule has 0 spiro atoms. The van der Waals surface area contributed by atoms with E-state index < -0.39 is 0 Å². The number of nitrogens with two attached hydrogens (primary N) is 1. The molecule has 96 valence electrons. The lowest BCUT2D eigenvalue weighted by molar-refractivity contribution is -0.0592. The molecule has 1 saturated heterocycles. The molecule has 1 aliphatic rings. The molecule has 1 fully saturated rings. The van der Waals surface area contributed by atoms with E-state index in [1.807, 2.05) is 0 Å². The summed E-state index contributed by atoms with van der Waals surface area (Å²) >= 11 is 0. The van der Waals surface area contributed by atoms with Crippen LogP contribution in [0.15, 0.2) is 0 Å². The van der Waals surface area contributed by atoms with E-state index in [0.29, 0.717) is 12.0 Å². The number of methoxy groups -OCH3 is 1. The van der Waals surface area contributed by atoms with Gasteiger partial charge in [-0.25, -0.2) is 0 Å². The van der Waals surface area contributed by atoms with Gasteiger partial charge >= 0.3 is 0 Å². The van der Waals surface area contributed by atoms with E-state index in [9.17, 15) is 0 Å². The average molecular weight is 228 g/mol. The lowest BCUT2D eigenvalue weighted by Crippen LogP contribution is -2.62. The van der Waals surface area contributed by atoms with Gasteiger partial charge in [-0.1, -0.05) is 13.8 Å². The molecule has 3 nitrogen and oxygen atoms in total. The second-order valence-electron chi connectivity index (χ2n) is 6.13. The number of piperidine rings is 1. The minimum atomic E-state index is -0.0353. The third-order valence-electron chi connectivity index (χ3n) is 4.27. The zero-order valence-corrected chi connectivity index (χ0v) is 11.5. The van der Waals surface area contributed by atoms with Crippen molar-refractivity contribution in [3.8, 4) is 0 Å². The predicted molar refractivity (Wildman–Crippen MR) is 68.5 cm³/mol. The van der Waals surface area contributed by atoms with Crippen molar-refractivity contribution in [2.75, 3.05) is 26.7 Å². The van der Waals surface area contributed by atoms with Crippen molar-refractivity contribution in [2.45, 2.75) is 52.2 Å². The minimum Gasteiger partial charge on any atom is -0.380 e. The molecule has 1 aliphatic heterocycles. The molecule has 0 aromatic carbocycles. The molecular weight excluding hydrogens is 200 g/mol. The lowest BCUT2D eigenvalue weighted by Gasteiger charge is -2.50. The number of rotatable bonds is 4. The number of likely N-dealkylation sites (tertiary alicyclic amines) is 1. The van der Waals surface area contributed by atoms with Gasteiger partial charge in [-0.3, -0.25) is 4.90 Å². The number of ether oxygens (including phenoxy) is 1. The van der Waals surface area contributed by atoms with Gasteiger partial charge < -0.3 is 10.5 Å². The Bertz CT molecular complexity index is 230. The van der Waals surface area contributed by atoms with E-state index in [1.54, 1.807) is 7.11 Å². The number of hydrogen-bond donors (Lipinski definition) is 1. The summed E-state index contributed by atoms with van der Waals surface area (Å²) in [6, 6.07) is 0. The molecule has 3 heteroatoms. The normalized spacial score (nSPS) is 27.4. The van der Waals surface area contributed by atoms with Crippen LogP contribution in [0.2, 0.25) is 0 Å². The number of nitrogens with zero attached hydrogens (tertiary/aromatic N) is 1. The van der Waals surface area contributed by atoms with Crippen molar-refractivity contribution in [3.05, 3.63) is 0 Å². The molecule has 0 radical (unpaired) electrons. The van der Waals surface area contributed by atoms with Crippen LogP contribution in [0.1, 0.15) is 40.5 Å². The van der Waals surface area contributed by atoms with E-state index in [2.05, 4.69) is 32.6 Å². The summed E-state index contributed by atoms with van der Waals surface area (Å²) in [5.41, 5.74) is 6.35. The van der Waals surface area contributed by atoms with Crippen LogP contribution in [0, 0.1) is 5.41 Å². The molecule has 1 heterocycles. The minimum absolute atomic E-state index is 0.0353. The zero-order chi connectivity index (χ0) is 12.4. The fourth-order valence-electron chi connectivity index (χ4n) is 2.67. The van der Waals surface area contributed by atoms with Gasteiger partial charge in [0.15, 0.2) is 0 Å². The highest BCUT2D eigenvalue weighted by Gasteiger charge is 2.40. The lowest BCUT2D eigenvalue weighted by atomic mass is 9.80. The molecule has 1 rings (SSSR count). The molecule has 2 unspecified atom stereocenters. The molecule has 0 saturated carbocycles. The summed E-state index contributed by atoms with van der Waals surface area (Å²) in [5, 5.41) is 0. The van der Waals surface area contributed by atoms with Gasteiger partial charge in [-0.15, -0.1) is 0 Å². The second kappa shape index (κ2) is 5.03. The molecule has 0 bridgehead atoms. The summed E-state index contributed by atoms with van der Waals surface area (Å²) in [7, 11) is 1.77. The van der Waals surface area contributed by atoms with Gasteiger partial charge in [0.25, 0.3) is 0 Å². The fraction of sp³-hybridized carbons (Fsp3) is 1.00. The first-order valence-corrected chi connectivity index (χ1v) is 6.33. The Balaban J connectivity index is 2.79. The van der Waals surface area contributed by atoms with Crippen LogP contribution in [0.5, 0.6) is 0 Å². The summed E-state index contributed by atoms with van der Waals surface area (Å²) in [6.45, 7) is 11.9. The molecule has 0 amide bonds. The molecule has 0 aromatic rings. The van der Waals surface area contributed by atoms with Crippen LogP contribution >= 0.6 is 0 Å². The smallest absolute Gasteiger partial charge is 0.0736 e. The first kappa shape index (κ1) is 13.9. The van der Waals surface area contributed by atoms with E-state index in [4.69, 9.17) is 10.5 Å². The highest BCUT2D eigenvalue weighted by molar-refractivity contribution is 4.96. The van der Waals surface area contributed by atoms with Crippen molar-refractivity contribution in [3.63, 3.8) is 0 Å². The summed E-state index contributed by atoms with van der Waals surface area (Å²) in [6.07, 6.45) is 2.75. The van der Waals surface area contributed by atoms with Crippen molar-refractivity contribution in [1.29, 1.82) is 0 Å². The SMILES string of the molecule is COC(C)C(C)(CN)N1CCCC(C)(C)C1. The maximum Gasteiger partial charge on any atom is 0.0736 e. The zero-order valence-electron chi connectivity index (χ0n) is 11.5. The van der Waals surface area contributed by atoms with E-state index in [1.165, 1.54) is 12.8 Å². The fourth-order valence-corrected chi connectivity index (χ4v) is 2.67. The van der Waals surface area contributed by atoms with Gasteiger partial charge in [-0.2, -0.15) is 0 Å². The van der Waals surface area contributed by atoms with E-state index in [0.717, 1.165) is 13.1 Å². The topological polar surface area (TPSA) is 38.5 Å². The van der Waals surface area contributed by atoms with Crippen molar-refractivity contribution in [2.24, 2.45) is 11.1 Å². The highest BCUT2D eigenvalue weighted by atomic mass is 16.5. The van der Waals surface area contributed by atoms with Crippen LogP contribution in [-0.2, 0) is 4.74 Å². The van der Waals surface area contributed by atoms with Gasteiger partial charge in [-0.05, 0) is 38.6 Å². The van der Waals surface area contributed by atoms with Crippen LogP contribution in [0.4, 0.5) is 0 Å². The van der Waals surface area contributed by atoms with E-state index >= 15 is 0 Å². The monoisotopic (exact) mass is 228 g/mol.